The van der Waals surface area contributed by atoms with Crippen LogP contribution in [0.25, 0.3) is 0 Å². The molecule has 0 aliphatic carbocycles. The van der Waals surface area contributed by atoms with Crippen LogP contribution in [0.3, 0.4) is 0 Å². The van der Waals surface area contributed by atoms with Crippen LogP contribution >= 0.6 is 0 Å². The Hall–Kier alpha value is -2.06. The first kappa shape index (κ1) is 20.9. The van der Waals surface area contributed by atoms with Gasteiger partial charge in [0.1, 0.15) is 11.9 Å². The van der Waals surface area contributed by atoms with Gasteiger partial charge in [0.05, 0.1) is 0 Å². The third-order valence-electron chi connectivity index (χ3n) is 3.08. The highest BCUT2D eigenvalue weighted by Gasteiger charge is 2.15. The molecular weight excluding hydrogens is 284 g/mol. The number of aliphatic hydroxyl groups is 1. The molecule has 1 atom stereocenters. The van der Waals surface area contributed by atoms with Gasteiger partial charge < -0.3 is 9.84 Å². The summed E-state index contributed by atoms with van der Waals surface area (Å²) in [4.78, 5) is 0. The van der Waals surface area contributed by atoms with Crippen LogP contribution in [0.15, 0.2) is 84.7 Å². The zero-order valence-corrected chi connectivity index (χ0v) is 14.7. The van der Waals surface area contributed by atoms with E-state index in [1.165, 1.54) is 0 Å². The minimum absolute atomic E-state index is 0.0582. The van der Waals surface area contributed by atoms with Gasteiger partial charge in [0.25, 0.3) is 0 Å². The molecule has 0 rings (SSSR count). The van der Waals surface area contributed by atoms with Gasteiger partial charge in [-0.3, -0.25) is 0 Å². The molecule has 0 aromatic carbocycles. The molecule has 1 N–H and O–H groups in total. The summed E-state index contributed by atoms with van der Waals surface area (Å²) in [5, 5.41) is 9.39. The zero-order chi connectivity index (χ0) is 17.5. The summed E-state index contributed by atoms with van der Waals surface area (Å²) in [7, 11) is 0. The summed E-state index contributed by atoms with van der Waals surface area (Å²) >= 11 is 0. The number of aliphatic hydroxyl groups excluding tert-OH is 1. The van der Waals surface area contributed by atoms with Crippen molar-refractivity contribution < 1.29 is 9.84 Å². The molecule has 0 bridgehead atoms. The summed E-state index contributed by atoms with van der Waals surface area (Å²) in [6.07, 6.45) is 18.5. The van der Waals surface area contributed by atoms with Gasteiger partial charge in [-0.1, -0.05) is 68.7 Å². The van der Waals surface area contributed by atoms with E-state index in [0.29, 0.717) is 6.42 Å². The molecule has 0 radical (unpaired) electrons. The van der Waals surface area contributed by atoms with Crippen molar-refractivity contribution >= 4 is 0 Å². The molecule has 0 fully saturated rings. The predicted molar refractivity (Wildman–Crippen MR) is 101 cm³/mol. The lowest BCUT2D eigenvalue weighted by Crippen LogP contribution is -2.17. The Balaban J connectivity index is 5.56. The predicted octanol–water partition coefficient (Wildman–Crippen LogP) is 5.42. The molecule has 0 spiro atoms. The van der Waals surface area contributed by atoms with Crippen molar-refractivity contribution in [1.29, 1.82) is 0 Å². The fraction of sp³-hybridized carbons (Fsp3) is 0.333. The van der Waals surface area contributed by atoms with E-state index >= 15 is 0 Å². The van der Waals surface area contributed by atoms with Crippen LogP contribution in [-0.4, -0.2) is 17.8 Å². The fourth-order valence-corrected chi connectivity index (χ4v) is 1.97. The molecule has 0 aliphatic heterocycles. The molecule has 0 heterocycles. The van der Waals surface area contributed by atoms with Crippen LogP contribution in [0.4, 0.5) is 0 Å². The first-order valence-corrected chi connectivity index (χ1v) is 8.03. The highest BCUT2D eigenvalue weighted by Crippen LogP contribution is 2.21. The molecule has 0 saturated heterocycles. The van der Waals surface area contributed by atoms with E-state index in [2.05, 4.69) is 26.2 Å². The van der Waals surface area contributed by atoms with E-state index in [1.807, 2.05) is 50.3 Å². The molecule has 0 aromatic rings. The lowest BCUT2D eigenvalue weighted by Gasteiger charge is -2.22. The second-order valence-electron chi connectivity index (χ2n) is 4.97. The van der Waals surface area contributed by atoms with E-state index in [4.69, 9.17) is 4.74 Å². The van der Waals surface area contributed by atoms with E-state index in [-0.39, 0.29) is 12.7 Å². The maximum absolute atomic E-state index is 9.39. The lowest BCUT2D eigenvalue weighted by molar-refractivity contribution is 0.122. The first-order chi connectivity index (χ1) is 11.1. The lowest BCUT2D eigenvalue weighted by atomic mass is 10.0. The molecule has 126 valence electrons. The minimum atomic E-state index is -0.225. The summed E-state index contributed by atoms with van der Waals surface area (Å²) in [6, 6.07) is 0. The van der Waals surface area contributed by atoms with Gasteiger partial charge in [0, 0.05) is 13.0 Å². The number of ether oxygens (including phenoxy) is 1. The molecule has 0 aromatic heterocycles. The van der Waals surface area contributed by atoms with Crippen molar-refractivity contribution in [2.24, 2.45) is 0 Å². The normalized spacial score (nSPS) is 15.2. The maximum atomic E-state index is 9.39. The second kappa shape index (κ2) is 13.6. The van der Waals surface area contributed by atoms with Gasteiger partial charge in [0.15, 0.2) is 0 Å². The number of allylic oxidation sites excluding steroid dienone is 9. The molecule has 2 nitrogen and oxygen atoms in total. The number of rotatable bonds is 11. The van der Waals surface area contributed by atoms with Crippen molar-refractivity contribution in [1.82, 2.24) is 0 Å². The largest absolute Gasteiger partial charge is 0.485 e. The summed E-state index contributed by atoms with van der Waals surface area (Å²) in [6.45, 7) is 13.5. The SMILES string of the molecule is C=C/C=C(C)\C(=C/C=C)OC(CCO)C(/C=C\C)=C/C=C\CC. The monoisotopic (exact) mass is 314 g/mol. The second-order valence-corrected chi connectivity index (χ2v) is 4.97. The Morgan fingerprint density at radius 1 is 1.17 bits per heavy atom. The Morgan fingerprint density at radius 2 is 1.87 bits per heavy atom. The van der Waals surface area contributed by atoms with Gasteiger partial charge in [-0.05, 0) is 37.5 Å². The van der Waals surface area contributed by atoms with Crippen molar-refractivity contribution in [3.05, 3.63) is 84.7 Å². The summed E-state index contributed by atoms with van der Waals surface area (Å²) in [5.74, 6) is 0.730. The summed E-state index contributed by atoms with van der Waals surface area (Å²) < 4.78 is 6.15. The van der Waals surface area contributed by atoms with Crippen molar-refractivity contribution in [3.63, 3.8) is 0 Å². The van der Waals surface area contributed by atoms with Crippen molar-refractivity contribution in [3.8, 4) is 0 Å². The highest BCUT2D eigenvalue weighted by atomic mass is 16.5. The van der Waals surface area contributed by atoms with Crippen LogP contribution in [-0.2, 0) is 4.74 Å². The quantitative estimate of drug-likeness (QED) is 0.407. The number of hydrogen-bond acceptors (Lipinski definition) is 2. The number of hydrogen-bond donors (Lipinski definition) is 1. The molecule has 0 aliphatic rings. The third-order valence-corrected chi connectivity index (χ3v) is 3.08. The molecule has 0 amide bonds. The molecule has 23 heavy (non-hydrogen) atoms. The van der Waals surface area contributed by atoms with E-state index < -0.39 is 0 Å². The van der Waals surface area contributed by atoms with Gasteiger partial charge in [-0.25, -0.2) is 0 Å². The Kier molecular flexibility index (Phi) is 12.4. The van der Waals surface area contributed by atoms with Crippen LogP contribution in [0.5, 0.6) is 0 Å². The molecule has 1 unspecified atom stereocenters. The average Bonchev–Trinajstić information content (AvgIpc) is 2.53. The third kappa shape index (κ3) is 8.84. The van der Waals surface area contributed by atoms with E-state index in [9.17, 15) is 5.11 Å². The van der Waals surface area contributed by atoms with Crippen LogP contribution in [0.1, 0.15) is 33.6 Å². The average molecular weight is 314 g/mol. The highest BCUT2D eigenvalue weighted by molar-refractivity contribution is 5.33. The first-order valence-electron chi connectivity index (χ1n) is 8.03. The summed E-state index contributed by atoms with van der Waals surface area (Å²) in [5.41, 5.74) is 1.99. The van der Waals surface area contributed by atoms with Gasteiger partial charge >= 0.3 is 0 Å². The van der Waals surface area contributed by atoms with Gasteiger partial charge in [-0.15, -0.1) is 0 Å². The van der Waals surface area contributed by atoms with Crippen LogP contribution in [0.2, 0.25) is 0 Å². The van der Waals surface area contributed by atoms with E-state index in [0.717, 1.165) is 23.3 Å². The Labute approximate surface area is 141 Å². The van der Waals surface area contributed by atoms with Crippen molar-refractivity contribution in [2.45, 2.75) is 39.7 Å². The Bertz CT molecular complexity index is 502. The van der Waals surface area contributed by atoms with E-state index in [1.54, 1.807) is 12.2 Å². The standard InChI is InChI=1S/C21H30O2/c1-6-10-11-15-19(13-8-3)21(16-17-22)23-20(14-9-4)18(5)12-7-2/h7-15,21-22H,2,4,6,16-17H2,1,3,5H3/b11-10-,13-8-,18-12-,19-15+,20-14+. The topological polar surface area (TPSA) is 29.5 Å². The van der Waals surface area contributed by atoms with Crippen molar-refractivity contribution in [2.75, 3.05) is 6.61 Å². The molecular formula is C21H30O2. The smallest absolute Gasteiger partial charge is 0.126 e. The zero-order valence-electron chi connectivity index (χ0n) is 14.7. The molecule has 0 saturated carbocycles. The van der Waals surface area contributed by atoms with Crippen LogP contribution in [0, 0.1) is 0 Å². The Morgan fingerprint density at radius 3 is 2.39 bits per heavy atom. The fourth-order valence-electron chi connectivity index (χ4n) is 1.97. The van der Waals surface area contributed by atoms with Gasteiger partial charge in [0.2, 0.25) is 0 Å². The van der Waals surface area contributed by atoms with Gasteiger partial charge in [-0.2, -0.15) is 0 Å². The maximum Gasteiger partial charge on any atom is 0.126 e. The van der Waals surface area contributed by atoms with Crippen LogP contribution < -0.4 is 0 Å². The molecule has 2 heteroatoms. The minimum Gasteiger partial charge on any atom is -0.485 e.